The van der Waals surface area contributed by atoms with E-state index in [2.05, 4.69) is 5.32 Å². The lowest BCUT2D eigenvalue weighted by molar-refractivity contribution is -0.138. The van der Waals surface area contributed by atoms with Crippen LogP contribution in [0.2, 0.25) is 5.02 Å². The van der Waals surface area contributed by atoms with Gasteiger partial charge in [-0.15, -0.1) is 0 Å². The summed E-state index contributed by atoms with van der Waals surface area (Å²) < 4.78 is 110. The second kappa shape index (κ2) is 10.3. The molecule has 0 radical (unpaired) electrons. The van der Waals surface area contributed by atoms with E-state index < -0.39 is 51.7 Å². The van der Waals surface area contributed by atoms with Crippen LogP contribution in [0.3, 0.4) is 0 Å². The number of rotatable bonds is 7. The molecule has 0 fully saturated rings. The van der Waals surface area contributed by atoms with E-state index in [1.165, 1.54) is 6.07 Å². The number of benzene rings is 3. The van der Waals surface area contributed by atoms with Crippen LogP contribution in [0.5, 0.6) is 5.75 Å². The van der Waals surface area contributed by atoms with E-state index in [4.69, 9.17) is 16.3 Å². The van der Waals surface area contributed by atoms with Gasteiger partial charge in [0.05, 0.1) is 21.7 Å². The summed E-state index contributed by atoms with van der Waals surface area (Å²) >= 11 is 5.59. The fourth-order valence-electron chi connectivity index (χ4n) is 2.88. The average Bonchev–Trinajstić information content (AvgIpc) is 2.78. The van der Waals surface area contributed by atoms with E-state index in [0.717, 1.165) is 48.5 Å². The highest BCUT2D eigenvalue weighted by Gasteiger charge is 2.34. The molecule has 2 N–H and O–H groups in total. The van der Waals surface area contributed by atoms with Gasteiger partial charge in [-0.3, -0.25) is 9.52 Å². The molecular weight excluding hydrogens is 538 g/mol. The number of carbonyl (C=O) groups excluding carboxylic acids is 1. The molecule has 3 rings (SSSR count). The third kappa shape index (κ3) is 7.04. The molecule has 1 amide bonds. The van der Waals surface area contributed by atoms with E-state index in [0.29, 0.717) is 12.1 Å². The number of halogens is 7. The molecule has 0 aromatic heterocycles. The van der Waals surface area contributed by atoms with Crippen LogP contribution in [0.15, 0.2) is 71.6 Å². The second-order valence-corrected chi connectivity index (χ2v) is 9.30. The highest BCUT2D eigenvalue weighted by atomic mass is 35.5. The molecule has 0 saturated heterocycles. The summed E-state index contributed by atoms with van der Waals surface area (Å²) in [5.74, 6) is -0.916. The third-order valence-corrected chi connectivity index (χ3v) is 6.14. The average molecular weight is 553 g/mol. The number of amides is 1. The van der Waals surface area contributed by atoms with Crippen molar-refractivity contribution < 1.29 is 44.3 Å². The maximum atomic E-state index is 13.1. The van der Waals surface area contributed by atoms with Crippen LogP contribution in [-0.4, -0.2) is 20.9 Å². The highest BCUT2D eigenvalue weighted by molar-refractivity contribution is 7.92. The number of hydrogen-bond acceptors (Lipinski definition) is 4. The number of alkyl halides is 6. The van der Waals surface area contributed by atoms with Crippen LogP contribution in [-0.2, 0) is 27.2 Å². The highest BCUT2D eigenvalue weighted by Crippen LogP contribution is 2.36. The predicted molar refractivity (Wildman–Crippen MR) is 119 cm³/mol. The van der Waals surface area contributed by atoms with Gasteiger partial charge in [-0.1, -0.05) is 17.7 Å². The van der Waals surface area contributed by atoms with Crippen LogP contribution in [0, 0.1) is 0 Å². The zero-order chi connectivity index (χ0) is 26.7. The summed E-state index contributed by atoms with van der Waals surface area (Å²) in [5.41, 5.74) is -3.01. The Morgan fingerprint density at radius 3 is 2.17 bits per heavy atom. The molecule has 0 atom stereocenters. The molecule has 14 heteroatoms. The fourth-order valence-corrected chi connectivity index (χ4v) is 4.10. The molecular formula is C22H15ClF6N2O4S. The SMILES string of the molecule is O=C(COc1ccc(S(=O)(=O)Nc2cccc(C(F)(F)F)c2)cc1)Nc1ccc(Cl)cc1C(F)(F)F. The summed E-state index contributed by atoms with van der Waals surface area (Å²) in [4.78, 5) is 11.7. The molecule has 3 aromatic rings. The van der Waals surface area contributed by atoms with Gasteiger partial charge in [-0.2, -0.15) is 26.3 Å². The van der Waals surface area contributed by atoms with Crippen LogP contribution in [0.25, 0.3) is 0 Å². The summed E-state index contributed by atoms with van der Waals surface area (Å²) in [6, 6.07) is 10.9. The minimum Gasteiger partial charge on any atom is -0.484 e. The molecule has 0 bridgehead atoms. The second-order valence-electron chi connectivity index (χ2n) is 7.18. The van der Waals surface area contributed by atoms with E-state index in [1.54, 1.807) is 0 Å². The summed E-state index contributed by atoms with van der Waals surface area (Å²) in [7, 11) is -4.26. The molecule has 0 aliphatic rings. The van der Waals surface area contributed by atoms with E-state index >= 15 is 0 Å². The fraction of sp³-hybridized carbons (Fsp3) is 0.136. The van der Waals surface area contributed by atoms with E-state index in [-0.39, 0.29) is 21.4 Å². The smallest absolute Gasteiger partial charge is 0.418 e. The first-order chi connectivity index (χ1) is 16.6. The Kier molecular flexibility index (Phi) is 7.74. The van der Waals surface area contributed by atoms with Crippen molar-refractivity contribution in [3.8, 4) is 5.75 Å². The lowest BCUT2D eigenvalue weighted by Crippen LogP contribution is -2.22. The molecule has 0 aliphatic heterocycles. The van der Waals surface area contributed by atoms with Crippen molar-refractivity contribution in [3.63, 3.8) is 0 Å². The lowest BCUT2D eigenvalue weighted by atomic mass is 10.1. The number of ether oxygens (including phenoxy) is 1. The minimum atomic E-state index is -4.77. The Hall–Kier alpha value is -3.45. The molecule has 0 unspecified atom stereocenters. The van der Waals surface area contributed by atoms with Crippen molar-refractivity contribution >= 4 is 38.9 Å². The zero-order valence-electron chi connectivity index (χ0n) is 17.7. The maximum absolute atomic E-state index is 13.1. The predicted octanol–water partition coefficient (Wildman–Crippen LogP) is 6.20. The van der Waals surface area contributed by atoms with Crippen molar-refractivity contribution in [2.24, 2.45) is 0 Å². The number of nitrogens with one attached hydrogen (secondary N) is 2. The van der Waals surface area contributed by atoms with Crippen LogP contribution >= 0.6 is 11.6 Å². The number of hydrogen-bond donors (Lipinski definition) is 2. The van der Waals surface area contributed by atoms with E-state index in [1.807, 2.05) is 4.72 Å². The number of sulfonamides is 1. The molecule has 0 heterocycles. The van der Waals surface area contributed by atoms with Crippen LogP contribution in [0.1, 0.15) is 11.1 Å². The monoisotopic (exact) mass is 552 g/mol. The van der Waals surface area contributed by atoms with Gasteiger partial charge in [0.1, 0.15) is 5.75 Å². The molecule has 0 aliphatic carbocycles. The Balaban J connectivity index is 1.64. The normalized spacial score (nSPS) is 12.2. The van der Waals surface area contributed by atoms with Gasteiger partial charge >= 0.3 is 12.4 Å². The minimum absolute atomic E-state index is 0.00956. The standard InChI is InChI=1S/C22H15ClF6N2O4S/c23-14-4-9-19(18(11-14)22(27,28)29)30-20(32)12-35-16-5-7-17(8-6-16)36(33,34)31-15-3-1-2-13(10-15)21(24,25)26/h1-11,31H,12H2,(H,30,32). The Labute approximate surface area is 205 Å². The first kappa shape index (κ1) is 27.1. The van der Waals surface area contributed by atoms with Crippen LogP contribution in [0.4, 0.5) is 37.7 Å². The summed E-state index contributed by atoms with van der Waals surface area (Å²) in [6.45, 7) is -0.700. The molecule has 3 aromatic carbocycles. The molecule has 0 saturated carbocycles. The Morgan fingerprint density at radius 2 is 1.56 bits per heavy atom. The van der Waals surface area contributed by atoms with Crippen molar-refractivity contribution in [1.82, 2.24) is 0 Å². The first-order valence-corrected chi connectivity index (χ1v) is 11.6. The molecule has 6 nitrogen and oxygen atoms in total. The van der Waals surface area contributed by atoms with Gasteiger partial charge in [0.15, 0.2) is 6.61 Å². The summed E-state index contributed by atoms with van der Waals surface area (Å²) in [5, 5.41) is 1.89. The van der Waals surface area contributed by atoms with Gasteiger partial charge < -0.3 is 10.1 Å². The van der Waals surface area contributed by atoms with Crippen molar-refractivity contribution in [2.45, 2.75) is 17.2 Å². The van der Waals surface area contributed by atoms with Gasteiger partial charge in [-0.25, -0.2) is 8.42 Å². The molecule has 36 heavy (non-hydrogen) atoms. The quantitative estimate of drug-likeness (QED) is 0.342. The largest absolute Gasteiger partial charge is 0.484 e. The maximum Gasteiger partial charge on any atom is 0.418 e. The van der Waals surface area contributed by atoms with Crippen molar-refractivity contribution in [3.05, 3.63) is 82.9 Å². The molecule has 192 valence electrons. The van der Waals surface area contributed by atoms with Gasteiger partial charge in [-0.05, 0) is 60.7 Å². The van der Waals surface area contributed by atoms with Gasteiger partial charge in [0.25, 0.3) is 15.9 Å². The first-order valence-electron chi connectivity index (χ1n) is 9.75. The lowest BCUT2D eigenvalue weighted by Gasteiger charge is -2.14. The van der Waals surface area contributed by atoms with Crippen molar-refractivity contribution in [2.75, 3.05) is 16.6 Å². The zero-order valence-corrected chi connectivity index (χ0v) is 19.3. The van der Waals surface area contributed by atoms with Gasteiger partial charge in [0, 0.05) is 10.7 Å². The van der Waals surface area contributed by atoms with Gasteiger partial charge in [0.2, 0.25) is 0 Å². The Bertz CT molecular complexity index is 1360. The number of anilines is 2. The van der Waals surface area contributed by atoms with Crippen molar-refractivity contribution in [1.29, 1.82) is 0 Å². The van der Waals surface area contributed by atoms with Crippen LogP contribution < -0.4 is 14.8 Å². The number of carbonyl (C=O) groups is 1. The molecule has 0 spiro atoms. The summed E-state index contributed by atoms with van der Waals surface area (Å²) in [6.07, 6.45) is -9.42. The van der Waals surface area contributed by atoms with E-state index in [9.17, 15) is 39.6 Å². The third-order valence-electron chi connectivity index (χ3n) is 4.51. The Morgan fingerprint density at radius 1 is 0.889 bits per heavy atom. The topological polar surface area (TPSA) is 84.5 Å².